The summed E-state index contributed by atoms with van der Waals surface area (Å²) in [6.07, 6.45) is 3.87. The van der Waals surface area contributed by atoms with Crippen LogP contribution in [0.3, 0.4) is 0 Å². The first-order valence-electron chi connectivity index (χ1n) is 7.56. The summed E-state index contributed by atoms with van der Waals surface area (Å²) in [5, 5.41) is 0. The molecule has 0 bridgehead atoms. The monoisotopic (exact) mass is 351 g/mol. The quantitative estimate of drug-likeness (QED) is 0.821. The van der Waals surface area contributed by atoms with Gasteiger partial charge in [0.05, 0.1) is 24.7 Å². The highest BCUT2D eigenvalue weighted by Crippen LogP contribution is 2.24. The molecule has 4 nitrogen and oxygen atoms in total. The second-order valence-corrected chi connectivity index (χ2v) is 6.94. The second-order valence-electron chi connectivity index (χ2n) is 6.02. The maximum absolute atomic E-state index is 12.7. The van der Waals surface area contributed by atoms with Gasteiger partial charge in [0.1, 0.15) is 0 Å². The second kappa shape index (κ2) is 5.89. The van der Waals surface area contributed by atoms with E-state index in [1.807, 2.05) is 24.3 Å². The van der Waals surface area contributed by atoms with E-state index in [1.165, 1.54) is 16.2 Å². The van der Waals surface area contributed by atoms with Crippen molar-refractivity contribution in [2.45, 2.75) is 44.7 Å². The Balaban J connectivity index is 1.83. The zero-order valence-corrected chi connectivity index (χ0v) is 13.7. The van der Waals surface area contributed by atoms with Crippen LogP contribution in [0.1, 0.15) is 32.6 Å². The number of hydrogen-bond acceptors (Lipinski definition) is 2. The minimum absolute atomic E-state index is 0.0360. The lowest BCUT2D eigenvalue weighted by molar-refractivity contribution is -0.942. The normalized spacial score (nSPS) is 30.0. The molecule has 2 aliphatic rings. The molecule has 2 heterocycles. The van der Waals surface area contributed by atoms with Gasteiger partial charge < -0.3 is 4.90 Å². The van der Waals surface area contributed by atoms with E-state index >= 15 is 0 Å². The van der Waals surface area contributed by atoms with E-state index in [-0.39, 0.29) is 17.9 Å². The summed E-state index contributed by atoms with van der Waals surface area (Å²) in [6.45, 7) is 3.19. The average molecular weight is 352 g/mol. The van der Waals surface area contributed by atoms with E-state index < -0.39 is 0 Å². The summed E-state index contributed by atoms with van der Waals surface area (Å²) < 4.78 is 0.942. The highest BCUT2D eigenvalue weighted by Gasteiger charge is 2.47. The Morgan fingerprint density at radius 3 is 2.57 bits per heavy atom. The van der Waals surface area contributed by atoms with Crippen LogP contribution in [0.2, 0.25) is 0 Å². The van der Waals surface area contributed by atoms with Crippen LogP contribution in [0.25, 0.3) is 0 Å². The third kappa shape index (κ3) is 2.77. The number of rotatable bonds is 2. The molecule has 1 unspecified atom stereocenters. The molecule has 0 aromatic heterocycles. The number of halogens is 1. The summed E-state index contributed by atoms with van der Waals surface area (Å²) in [4.78, 5) is 27.7. The molecule has 0 radical (unpaired) electrons. The van der Waals surface area contributed by atoms with Gasteiger partial charge in [-0.15, -0.1) is 0 Å². The number of likely N-dealkylation sites (tertiary alicyclic amines) is 1. The van der Waals surface area contributed by atoms with Gasteiger partial charge in [0, 0.05) is 4.47 Å². The summed E-state index contributed by atoms with van der Waals surface area (Å²) in [7, 11) is 0. The van der Waals surface area contributed by atoms with Crippen LogP contribution < -0.4 is 9.80 Å². The highest BCUT2D eigenvalue weighted by molar-refractivity contribution is 9.10. The number of quaternary nitrogens is 1. The number of nitrogens with one attached hydrogen (secondary N) is 1. The topological polar surface area (TPSA) is 41.8 Å². The summed E-state index contributed by atoms with van der Waals surface area (Å²) in [5.41, 5.74) is 0.680. The van der Waals surface area contributed by atoms with Crippen LogP contribution in [0, 0.1) is 0 Å². The van der Waals surface area contributed by atoms with Gasteiger partial charge in [-0.05, 0) is 50.5 Å². The van der Waals surface area contributed by atoms with Gasteiger partial charge in [-0.2, -0.15) is 0 Å². The maximum atomic E-state index is 12.7. The largest absolute Gasteiger partial charge is 0.322 e. The lowest BCUT2D eigenvalue weighted by Crippen LogP contribution is -3.20. The third-order valence-corrected chi connectivity index (χ3v) is 5.19. The number of piperidine rings is 1. The zero-order valence-electron chi connectivity index (χ0n) is 12.1. The van der Waals surface area contributed by atoms with Crippen molar-refractivity contribution in [1.82, 2.24) is 0 Å². The SMILES string of the molecule is C[C@H]1CCCC[NH+]1[C@@H]1CC(=O)N(c2ccc(Br)cc2)C1=O. The smallest absolute Gasteiger partial charge is 0.292 e. The number of hydrogen-bond donors (Lipinski definition) is 1. The van der Waals surface area contributed by atoms with E-state index in [0.717, 1.165) is 23.9 Å². The minimum atomic E-state index is -0.198. The number of imide groups is 1. The van der Waals surface area contributed by atoms with Gasteiger partial charge in [0.25, 0.3) is 5.91 Å². The highest BCUT2D eigenvalue weighted by atomic mass is 79.9. The average Bonchev–Trinajstić information content (AvgIpc) is 2.76. The molecule has 2 saturated heterocycles. The van der Waals surface area contributed by atoms with Crippen molar-refractivity contribution in [3.8, 4) is 0 Å². The first-order valence-corrected chi connectivity index (χ1v) is 8.35. The van der Waals surface area contributed by atoms with Gasteiger partial charge in [-0.25, -0.2) is 4.90 Å². The zero-order chi connectivity index (χ0) is 15.0. The number of carbonyl (C=O) groups excluding carboxylic acids is 2. The Labute approximate surface area is 133 Å². The van der Waals surface area contributed by atoms with Crippen LogP contribution >= 0.6 is 15.9 Å². The fourth-order valence-corrected chi connectivity index (χ4v) is 3.78. The molecule has 3 atom stereocenters. The van der Waals surface area contributed by atoms with Gasteiger partial charge in [0.2, 0.25) is 5.91 Å². The Bertz CT molecular complexity index is 558. The molecule has 1 N–H and O–H groups in total. The number of nitrogens with zero attached hydrogens (tertiary/aromatic N) is 1. The Morgan fingerprint density at radius 1 is 1.19 bits per heavy atom. The first-order chi connectivity index (χ1) is 10.1. The summed E-state index contributed by atoms with van der Waals surface area (Å²) >= 11 is 3.37. The van der Waals surface area contributed by atoms with E-state index in [1.54, 1.807) is 0 Å². The molecule has 21 heavy (non-hydrogen) atoms. The predicted molar refractivity (Wildman–Crippen MR) is 84.2 cm³/mol. The molecule has 1 aromatic rings. The fraction of sp³-hybridized carbons (Fsp3) is 0.500. The molecule has 5 heteroatoms. The molecular formula is C16H20BrN2O2+. The number of amides is 2. The van der Waals surface area contributed by atoms with Crippen LogP contribution in [0.4, 0.5) is 5.69 Å². The van der Waals surface area contributed by atoms with Crippen LogP contribution in [0.15, 0.2) is 28.7 Å². The number of anilines is 1. The molecule has 2 aliphatic heterocycles. The van der Waals surface area contributed by atoms with Crippen molar-refractivity contribution in [3.63, 3.8) is 0 Å². The lowest BCUT2D eigenvalue weighted by atomic mass is 10.0. The van der Waals surface area contributed by atoms with Crippen LogP contribution in [-0.2, 0) is 9.59 Å². The molecule has 112 valence electrons. The molecule has 2 fully saturated rings. The third-order valence-electron chi connectivity index (χ3n) is 4.66. The molecule has 1 aromatic carbocycles. The van der Waals surface area contributed by atoms with Gasteiger partial charge in [-0.1, -0.05) is 15.9 Å². The van der Waals surface area contributed by atoms with Gasteiger partial charge in [0.15, 0.2) is 6.04 Å². The predicted octanol–water partition coefficient (Wildman–Crippen LogP) is 1.54. The standard InChI is InChI=1S/C16H19BrN2O2/c1-11-4-2-3-9-18(11)14-10-15(20)19(16(14)21)13-7-5-12(17)6-8-13/h5-8,11,14H,2-4,9-10H2,1H3/p+1/t11-,14+/m0/s1. The number of benzene rings is 1. The van der Waals surface area contributed by atoms with Crippen molar-refractivity contribution < 1.29 is 14.5 Å². The van der Waals surface area contributed by atoms with E-state index in [0.29, 0.717) is 18.2 Å². The molecular weight excluding hydrogens is 332 g/mol. The molecule has 0 saturated carbocycles. The van der Waals surface area contributed by atoms with Crippen molar-refractivity contribution >= 4 is 33.4 Å². The van der Waals surface area contributed by atoms with Crippen molar-refractivity contribution in [2.24, 2.45) is 0 Å². The first kappa shape index (κ1) is 14.7. The molecule has 0 spiro atoms. The van der Waals surface area contributed by atoms with E-state index in [2.05, 4.69) is 22.9 Å². The maximum Gasteiger partial charge on any atom is 0.292 e. The van der Waals surface area contributed by atoms with E-state index in [9.17, 15) is 9.59 Å². The Morgan fingerprint density at radius 2 is 1.90 bits per heavy atom. The summed E-state index contributed by atoms with van der Waals surface area (Å²) in [5.74, 6) is -0.108. The van der Waals surface area contributed by atoms with Gasteiger partial charge >= 0.3 is 0 Å². The Hall–Kier alpha value is -1.20. The molecule has 0 aliphatic carbocycles. The van der Waals surface area contributed by atoms with Crippen molar-refractivity contribution in [1.29, 1.82) is 0 Å². The molecule has 2 amide bonds. The van der Waals surface area contributed by atoms with Crippen LogP contribution in [0.5, 0.6) is 0 Å². The van der Waals surface area contributed by atoms with Crippen molar-refractivity contribution in [3.05, 3.63) is 28.7 Å². The lowest BCUT2D eigenvalue weighted by Gasteiger charge is -2.33. The van der Waals surface area contributed by atoms with Gasteiger partial charge in [-0.3, -0.25) is 9.59 Å². The van der Waals surface area contributed by atoms with Crippen LogP contribution in [-0.4, -0.2) is 30.4 Å². The fourth-order valence-electron chi connectivity index (χ4n) is 3.51. The van der Waals surface area contributed by atoms with E-state index in [4.69, 9.17) is 0 Å². The molecule has 3 rings (SSSR count). The summed E-state index contributed by atoms with van der Waals surface area (Å²) in [6, 6.07) is 7.62. The number of carbonyl (C=O) groups is 2. The van der Waals surface area contributed by atoms with Crippen molar-refractivity contribution in [2.75, 3.05) is 11.4 Å². The minimum Gasteiger partial charge on any atom is -0.322 e. The Kier molecular flexibility index (Phi) is 4.13.